The quantitative estimate of drug-likeness (QED) is 0.242. The molecule has 37 heavy (non-hydrogen) atoms. The van der Waals surface area contributed by atoms with Gasteiger partial charge in [-0.2, -0.15) is 0 Å². The highest BCUT2D eigenvalue weighted by Gasteiger charge is 2.38. The summed E-state index contributed by atoms with van der Waals surface area (Å²) in [5, 5.41) is 20.6. The van der Waals surface area contributed by atoms with Crippen molar-refractivity contribution in [2.75, 3.05) is 5.43 Å². The third-order valence-corrected chi connectivity index (χ3v) is 8.11. The second-order valence-electron chi connectivity index (χ2n) is 8.11. The average molecular weight is 566 g/mol. The molecule has 12 heteroatoms. The van der Waals surface area contributed by atoms with Gasteiger partial charge in [-0.05, 0) is 53.6 Å². The van der Waals surface area contributed by atoms with Crippen molar-refractivity contribution in [1.29, 1.82) is 0 Å². The molecule has 1 atom stereocenters. The van der Waals surface area contributed by atoms with Crippen molar-refractivity contribution >= 4 is 74.4 Å². The van der Waals surface area contributed by atoms with Gasteiger partial charge >= 0.3 is 0 Å². The molecule has 0 radical (unpaired) electrons. The van der Waals surface area contributed by atoms with E-state index in [2.05, 4.69) is 25.9 Å². The lowest BCUT2D eigenvalue weighted by Gasteiger charge is -2.23. The van der Waals surface area contributed by atoms with Crippen LogP contribution in [-0.2, 0) is 11.3 Å². The molecule has 0 spiro atoms. The van der Waals surface area contributed by atoms with Crippen molar-refractivity contribution < 1.29 is 4.79 Å². The fraction of sp³-hybridized carbons (Fsp3) is 0.0800. The van der Waals surface area contributed by atoms with E-state index in [1.54, 1.807) is 21.8 Å². The highest BCUT2D eigenvalue weighted by molar-refractivity contribution is 8.04. The van der Waals surface area contributed by atoms with Gasteiger partial charge in [-0.3, -0.25) is 10.2 Å². The second kappa shape index (κ2) is 10.1. The molecule has 0 saturated carbocycles. The normalized spacial score (nSPS) is 16.7. The van der Waals surface area contributed by atoms with Gasteiger partial charge < -0.3 is 0 Å². The minimum Gasteiger partial charge on any atom is -0.267 e. The molecule has 1 saturated heterocycles. The number of hydrogen-bond donors (Lipinski definition) is 1. The monoisotopic (exact) mass is 565 g/mol. The lowest BCUT2D eigenvalue weighted by Crippen LogP contribution is -2.33. The number of anilines is 1. The summed E-state index contributed by atoms with van der Waals surface area (Å²) in [5.74, 6) is -0.186. The highest BCUT2D eigenvalue weighted by Crippen LogP contribution is 2.46. The van der Waals surface area contributed by atoms with E-state index in [0.717, 1.165) is 27.2 Å². The van der Waals surface area contributed by atoms with Crippen molar-refractivity contribution in [3.63, 3.8) is 0 Å². The Morgan fingerprint density at radius 1 is 0.946 bits per heavy atom. The largest absolute Gasteiger partial charge is 0.280 e. The maximum atomic E-state index is 13.5. The number of carbonyl (C=O) groups is 1. The summed E-state index contributed by atoms with van der Waals surface area (Å²) in [5.41, 5.74) is 6.62. The Hall–Kier alpha value is -3.44. The van der Waals surface area contributed by atoms with E-state index in [1.807, 2.05) is 66.7 Å². The van der Waals surface area contributed by atoms with E-state index in [0.29, 0.717) is 26.6 Å². The number of fused-ring (bicyclic) bond motifs is 1. The van der Waals surface area contributed by atoms with Gasteiger partial charge in [0.1, 0.15) is 15.9 Å². The molecule has 3 heterocycles. The highest BCUT2D eigenvalue weighted by atomic mass is 35.5. The molecule has 2 aromatic heterocycles. The molecule has 1 N–H and O–H groups in total. The topological polar surface area (TPSA) is 88.8 Å². The third kappa shape index (κ3) is 5.05. The summed E-state index contributed by atoms with van der Waals surface area (Å²) in [6, 6.07) is 22.6. The molecule has 1 amide bonds. The van der Waals surface area contributed by atoms with Gasteiger partial charge in [0.2, 0.25) is 5.13 Å². The van der Waals surface area contributed by atoms with E-state index >= 15 is 0 Å². The summed E-state index contributed by atoms with van der Waals surface area (Å²) in [6.07, 6.45) is 1.83. The van der Waals surface area contributed by atoms with Crippen molar-refractivity contribution in [2.45, 2.75) is 11.9 Å². The van der Waals surface area contributed by atoms with Gasteiger partial charge in [0, 0.05) is 10.0 Å². The zero-order valence-electron chi connectivity index (χ0n) is 19.0. The number of nitrogens with zero attached hydrogens (tertiary/aromatic N) is 6. The molecule has 1 aliphatic rings. The van der Waals surface area contributed by atoms with E-state index in [9.17, 15) is 4.79 Å². The number of thioether (sulfide) groups is 1. The van der Waals surface area contributed by atoms with Gasteiger partial charge in [-0.25, -0.2) is 9.69 Å². The molecule has 1 aliphatic heterocycles. The van der Waals surface area contributed by atoms with Gasteiger partial charge in [-0.15, -0.1) is 15.3 Å². The molecule has 1 unspecified atom stereocenters. The fourth-order valence-corrected chi connectivity index (χ4v) is 6.20. The van der Waals surface area contributed by atoms with Crippen LogP contribution in [-0.4, -0.2) is 36.1 Å². The summed E-state index contributed by atoms with van der Waals surface area (Å²) in [7, 11) is 0. The molecule has 1 fully saturated rings. The third-order valence-electron chi connectivity index (χ3n) is 5.57. The smallest absolute Gasteiger partial charge is 0.267 e. The predicted molar refractivity (Wildman–Crippen MR) is 148 cm³/mol. The number of amides is 1. The van der Waals surface area contributed by atoms with Crippen LogP contribution >= 0.6 is 46.3 Å². The summed E-state index contributed by atoms with van der Waals surface area (Å²) in [4.78, 5) is 14.1. The van der Waals surface area contributed by atoms with Crippen molar-refractivity contribution in [1.82, 2.24) is 30.2 Å². The number of carbonyl (C=O) groups excluding carboxylic acids is 1. The Labute approximate surface area is 229 Å². The Morgan fingerprint density at radius 3 is 2.59 bits per heavy atom. The number of benzene rings is 3. The van der Waals surface area contributed by atoms with Crippen LogP contribution in [0.4, 0.5) is 5.13 Å². The maximum Gasteiger partial charge on any atom is 0.280 e. The summed E-state index contributed by atoms with van der Waals surface area (Å²) in [6.45, 7) is 0.417. The van der Waals surface area contributed by atoms with Crippen LogP contribution in [0.2, 0.25) is 10.0 Å². The first-order valence-electron chi connectivity index (χ1n) is 11.1. The minimum absolute atomic E-state index is 0.186. The second-order valence-corrected chi connectivity index (χ2v) is 11.2. The van der Waals surface area contributed by atoms with E-state index in [-0.39, 0.29) is 11.3 Å². The molecule has 8 nitrogen and oxygen atoms in total. The van der Waals surface area contributed by atoms with Gasteiger partial charge in [0.15, 0.2) is 0 Å². The molecule has 3 aromatic carbocycles. The zero-order chi connectivity index (χ0) is 25.4. The van der Waals surface area contributed by atoms with Crippen molar-refractivity contribution in [2.24, 2.45) is 0 Å². The van der Waals surface area contributed by atoms with E-state index < -0.39 is 0 Å². The van der Waals surface area contributed by atoms with Crippen molar-refractivity contribution in [3.05, 3.63) is 104 Å². The fourth-order valence-electron chi connectivity index (χ4n) is 3.91. The number of para-hydroxylation sites is 1. The molecule has 6 rings (SSSR count). The molecule has 0 aliphatic carbocycles. The number of rotatable bonds is 6. The van der Waals surface area contributed by atoms with Gasteiger partial charge in [-0.1, -0.05) is 87.9 Å². The maximum absolute atomic E-state index is 13.5. The van der Waals surface area contributed by atoms with E-state index in [4.69, 9.17) is 23.2 Å². The van der Waals surface area contributed by atoms with Crippen LogP contribution in [0.25, 0.3) is 17.1 Å². The minimum atomic E-state index is -0.358. The molecular formula is C25H17Cl2N7OS2. The zero-order valence-corrected chi connectivity index (χ0v) is 22.1. The lowest BCUT2D eigenvalue weighted by molar-refractivity contribution is -0.124. The number of hydrazine groups is 1. The Balaban J connectivity index is 1.28. The molecule has 5 aromatic rings. The Bertz CT molecular complexity index is 1650. The predicted octanol–water partition coefficient (Wildman–Crippen LogP) is 6.28. The summed E-state index contributed by atoms with van der Waals surface area (Å²) >= 11 is 15.2. The standard InChI is InChI=1S/C25H17Cl2N7OS2/c26-17-7-3-5-15(11-17)12-21-23(35)34(24(36-21)16-6-4-8-18(27)13-16)31-25-30-29-22(37-25)14-33-20-10-2-1-9-19(20)28-32-33/h1-13,24H,14H2,(H,30,31)/b21-12-. The van der Waals surface area contributed by atoms with Crippen LogP contribution < -0.4 is 5.43 Å². The molecule has 184 valence electrons. The number of nitrogens with one attached hydrogen (secondary N) is 1. The Kier molecular flexibility index (Phi) is 6.56. The molecule has 0 bridgehead atoms. The van der Waals surface area contributed by atoms with Crippen molar-refractivity contribution in [3.8, 4) is 0 Å². The molecular weight excluding hydrogens is 549 g/mol. The van der Waals surface area contributed by atoms with Crippen LogP contribution in [0.1, 0.15) is 21.5 Å². The Morgan fingerprint density at radius 2 is 1.76 bits per heavy atom. The first-order chi connectivity index (χ1) is 18.0. The number of hydrogen-bond acceptors (Lipinski definition) is 8. The first kappa shape index (κ1) is 23.9. The number of aromatic nitrogens is 5. The summed E-state index contributed by atoms with van der Waals surface area (Å²) < 4.78 is 1.77. The van der Waals surface area contributed by atoms with E-state index in [1.165, 1.54) is 23.1 Å². The number of halogens is 2. The van der Waals surface area contributed by atoms with Gasteiger partial charge in [0.25, 0.3) is 5.91 Å². The first-order valence-corrected chi connectivity index (χ1v) is 13.6. The van der Waals surface area contributed by atoms with Crippen LogP contribution in [0.15, 0.2) is 77.7 Å². The van der Waals surface area contributed by atoms with Crippen LogP contribution in [0.3, 0.4) is 0 Å². The SMILES string of the molecule is O=C1/C(=C/c2cccc(Cl)c2)SC(c2cccc(Cl)c2)N1Nc1nnc(Cn2nnc3ccccc32)s1. The lowest BCUT2D eigenvalue weighted by atomic mass is 10.2. The average Bonchev–Trinajstić information content (AvgIpc) is 3.59. The van der Waals surface area contributed by atoms with Gasteiger partial charge in [0.05, 0.1) is 17.0 Å². The van der Waals surface area contributed by atoms with Crippen LogP contribution in [0.5, 0.6) is 0 Å². The van der Waals surface area contributed by atoms with Crippen LogP contribution in [0, 0.1) is 0 Å².